The third kappa shape index (κ3) is 7.17. The van der Waals surface area contributed by atoms with Crippen LogP contribution in [0.25, 0.3) is 0 Å². The fraction of sp³-hybridized carbons (Fsp3) is 0.632. The molecule has 0 saturated heterocycles. The molecule has 0 saturated carbocycles. The zero-order valence-corrected chi connectivity index (χ0v) is 17.7. The normalized spacial score (nSPS) is 11.1. The third-order valence-corrected chi connectivity index (χ3v) is 6.20. The molecule has 1 rings (SSSR count). The van der Waals surface area contributed by atoms with Gasteiger partial charge in [-0.3, -0.25) is 0 Å². The number of carboxylic acids is 1. The summed E-state index contributed by atoms with van der Waals surface area (Å²) in [6, 6.07) is 0. The largest absolute Gasteiger partial charge is 0.478 e. The van der Waals surface area contributed by atoms with E-state index in [9.17, 15) is 9.90 Å². The first-order chi connectivity index (χ1) is 11.9. The van der Waals surface area contributed by atoms with Gasteiger partial charge in [-0.25, -0.2) is 4.79 Å². The van der Waals surface area contributed by atoms with Crippen LogP contribution in [0.3, 0.4) is 0 Å². The lowest BCUT2D eigenvalue weighted by Crippen LogP contribution is -2.06. The first-order valence-corrected chi connectivity index (χ1v) is 10.5. The molecule has 0 spiro atoms. The van der Waals surface area contributed by atoms with Gasteiger partial charge >= 0.3 is 5.97 Å². The first-order valence-electron chi connectivity index (χ1n) is 8.99. The van der Waals surface area contributed by atoms with Crippen LogP contribution in [0.5, 0.6) is 0 Å². The second-order valence-electron chi connectivity index (χ2n) is 6.35. The van der Waals surface area contributed by atoms with Crippen LogP contribution < -0.4 is 0 Å². The van der Waals surface area contributed by atoms with Crippen LogP contribution in [0, 0.1) is 0 Å². The molecule has 0 amide bonds. The molecule has 0 radical (unpaired) electrons. The summed E-state index contributed by atoms with van der Waals surface area (Å²) in [4.78, 5) is 11.5. The maximum absolute atomic E-state index is 11.5. The van der Waals surface area contributed by atoms with Gasteiger partial charge in [-0.15, -0.1) is 0 Å². The van der Waals surface area contributed by atoms with E-state index in [1.54, 1.807) is 0 Å². The number of aromatic carboxylic acids is 1. The van der Waals surface area contributed by atoms with E-state index in [2.05, 4.69) is 6.92 Å². The Labute approximate surface area is 170 Å². The van der Waals surface area contributed by atoms with E-state index < -0.39 is 5.97 Å². The molecule has 2 nitrogen and oxygen atoms in total. The Kier molecular flexibility index (Phi) is 11.2. The van der Waals surface area contributed by atoms with Crippen molar-refractivity contribution in [1.29, 1.82) is 0 Å². The van der Waals surface area contributed by atoms with Gasteiger partial charge in [0.15, 0.2) is 0 Å². The van der Waals surface area contributed by atoms with Gasteiger partial charge in [-0.05, 0) is 18.4 Å². The number of unbranched alkanes of at least 4 members (excludes halogenated alkanes) is 9. The van der Waals surface area contributed by atoms with E-state index in [1.165, 1.54) is 44.9 Å². The van der Waals surface area contributed by atoms with Crippen molar-refractivity contribution in [3.8, 4) is 0 Å². The number of hydrogen-bond donors (Lipinski definition) is 1. The van der Waals surface area contributed by atoms with Crippen LogP contribution in [0.2, 0.25) is 20.1 Å². The van der Waals surface area contributed by atoms with Crippen molar-refractivity contribution in [3.63, 3.8) is 0 Å². The molecular weight excluding hydrogens is 402 g/mol. The van der Waals surface area contributed by atoms with Crippen LogP contribution in [0.15, 0.2) is 0 Å². The number of carboxylic acid groups (broad SMARTS) is 1. The summed E-state index contributed by atoms with van der Waals surface area (Å²) in [5, 5.41) is 9.69. The first kappa shape index (κ1) is 22.9. The van der Waals surface area contributed by atoms with Crippen LogP contribution in [-0.4, -0.2) is 11.1 Å². The molecule has 0 fully saturated rings. The maximum Gasteiger partial charge on any atom is 0.337 e. The fourth-order valence-corrected chi connectivity index (χ4v) is 3.99. The Morgan fingerprint density at radius 1 is 0.720 bits per heavy atom. The molecule has 1 N–H and O–H groups in total. The summed E-state index contributed by atoms with van der Waals surface area (Å²) in [5.74, 6) is -1.13. The highest BCUT2D eigenvalue weighted by atomic mass is 35.5. The van der Waals surface area contributed by atoms with Gasteiger partial charge in [0.2, 0.25) is 0 Å². The highest BCUT2D eigenvalue weighted by molar-refractivity contribution is 6.53. The van der Waals surface area contributed by atoms with Crippen molar-refractivity contribution >= 4 is 52.4 Å². The number of halogens is 4. The Hall–Kier alpha value is -0.150. The Bertz CT molecular complexity index is 573. The minimum atomic E-state index is -1.13. The lowest BCUT2D eigenvalue weighted by atomic mass is 9.99. The molecule has 0 aliphatic carbocycles. The van der Waals surface area contributed by atoms with Gasteiger partial charge in [0, 0.05) is 0 Å². The molecule has 0 aliphatic heterocycles. The SMILES string of the molecule is CCCCCCCCCCCCc1c(Cl)c(Cl)c(Cl)c(Cl)c1C(=O)O. The van der Waals surface area contributed by atoms with Crippen molar-refractivity contribution in [1.82, 2.24) is 0 Å². The van der Waals surface area contributed by atoms with Crippen LogP contribution in [0.4, 0.5) is 0 Å². The van der Waals surface area contributed by atoms with Gasteiger partial charge in [0.25, 0.3) is 0 Å². The monoisotopic (exact) mass is 426 g/mol. The summed E-state index contributed by atoms with van der Waals surface area (Å²) in [7, 11) is 0. The molecule has 25 heavy (non-hydrogen) atoms. The molecule has 0 aliphatic rings. The van der Waals surface area contributed by atoms with Crippen molar-refractivity contribution in [2.75, 3.05) is 0 Å². The summed E-state index contributed by atoms with van der Waals surface area (Å²) < 4.78 is 0. The van der Waals surface area contributed by atoms with Crippen molar-refractivity contribution < 1.29 is 9.90 Å². The van der Waals surface area contributed by atoms with Crippen LogP contribution in [-0.2, 0) is 6.42 Å². The predicted molar refractivity (Wildman–Crippen MR) is 109 cm³/mol. The number of rotatable bonds is 12. The predicted octanol–water partition coefficient (Wildman–Crippen LogP) is 8.46. The zero-order valence-electron chi connectivity index (χ0n) is 14.6. The summed E-state index contributed by atoms with van der Waals surface area (Å²) in [6.45, 7) is 2.23. The molecule has 1 aromatic rings. The number of carbonyl (C=O) groups is 1. The minimum absolute atomic E-state index is 0.00226. The third-order valence-electron chi connectivity index (χ3n) is 4.36. The molecule has 1 aromatic carbocycles. The Morgan fingerprint density at radius 3 is 1.64 bits per heavy atom. The number of hydrogen-bond acceptors (Lipinski definition) is 1. The van der Waals surface area contributed by atoms with Crippen LogP contribution in [0.1, 0.15) is 87.1 Å². The zero-order chi connectivity index (χ0) is 18.8. The van der Waals surface area contributed by atoms with Crippen LogP contribution >= 0.6 is 46.4 Å². The van der Waals surface area contributed by atoms with Crippen molar-refractivity contribution in [2.45, 2.75) is 77.6 Å². The summed E-state index contributed by atoms with van der Waals surface area (Å²) in [6.07, 6.45) is 12.6. The van der Waals surface area contributed by atoms with Crippen molar-refractivity contribution in [3.05, 3.63) is 31.2 Å². The molecule has 0 unspecified atom stereocenters. The molecular formula is C19H26Cl4O2. The molecule has 6 heteroatoms. The summed E-state index contributed by atoms with van der Waals surface area (Å²) >= 11 is 24.3. The molecule has 0 bridgehead atoms. The van der Waals surface area contributed by atoms with Gasteiger partial charge in [-0.2, -0.15) is 0 Å². The second kappa shape index (κ2) is 12.3. The van der Waals surface area contributed by atoms with E-state index in [-0.39, 0.29) is 25.7 Å². The van der Waals surface area contributed by atoms with Crippen molar-refractivity contribution in [2.24, 2.45) is 0 Å². The number of benzene rings is 1. The van der Waals surface area contributed by atoms with E-state index in [0.717, 1.165) is 19.3 Å². The Morgan fingerprint density at radius 2 is 1.16 bits per heavy atom. The topological polar surface area (TPSA) is 37.3 Å². The lowest BCUT2D eigenvalue weighted by Gasteiger charge is -2.14. The highest BCUT2D eigenvalue weighted by Gasteiger charge is 2.24. The Balaban J connectivity index is 2.46. The van der Waals surface area contributed by atoms with Gasteiger partial charge in [0.1, 0.15) is 0 Å². The maximum atomic E-state index is 11.5. The fourth-order valence-electron chi connectivity index (χ4n) is 2.92. The molecule has 0 aromatic heterocycles. The van der Waals surface area contributed by atoms with E-state index >= 15 is 0 Å². The molecule has 142 valence electrons. The van der Waals surface area contributed by atoms with Gasteiger partial charge in [-0.1, -0.05) is 111 Å². The molecule has 0 heterocycles. The lowest BCUT2D eigenvalue weighted by molar-refractivity contribution is 0.0696. The van der Waals surface area contributed by atoms with E-state index in [4.69, 9.17) is 46.4 Å². The van der Waals surface area contributed by atoms with Gasteiger partial charge < -0.3 is 5.11 Å². The average molecular weight is 428 g/mol. The highest BCUT2D eigenvalue weighted by Crippen LogP contribution is 2.42. The summed E-state index contributed by atoms with van der Waals surface area (Å²) in [5.41, 5.74) is 0.449. The standard InChI is InChI=1S/C19H26Cl4O2/c1-2-3-4-5-6-7-8-9-10-11-12-13-14(19(24)25)16(21)18(23)17(22)15(13)20/h2-12H2,1H3,(H,24,25). The smallest absolute Gasteiger partial charge is 0.337 e. The van der Waals surface area contributed by atoms with E-state index in [1.807, 2.05) is 0 Å². The van der Waals surface area contributed by atoms with Gasteiger partial charge in [0.05, 0.1) is 25.7 Å². The van der Waals surface area contributed by atoms with E-state index in [0.29, 0.717) is 12.0 Å². The molecule has 0 atom stereocenters. The second-order valence-corrected chi connectivity index (χ2v) is 7.86. The minimum Gasteiger partial charge on any atom is -0.478 e. The quantitative estimate of drug-likeness (QED) is 0.206. The average Bonchev–Trinajstić information content (AvgIpc) is 2.58.